The molecule has 0 spiro atoms. The number of hydrogen-bond acceptors (Lipinski definition) is 3. The summed E-state index contributed by atoms with van der Waals surface area (Å²) in [4.78, 5) is 29.5. The summed E-state index contributed by atoms with van der Waals surface area (Å²) in [5.41, 5.74) is 1.30. The van der Waals surface area contributed by atoms with E-state index < -0.39 is 5.97 Å². The highest BCUT2D eigenvalue weighted by atomic mass is 35.5. The molecule has 6 heteroatoms. The van der Waals surface area contributed by atoms with Crippen LogP contribution in [0.1, 0.15) is 42.7 Å². The molecule has 5 nitrogen and oxygen atoms in total. The van der Waals surface area contributed by atoms with E-state index in [4.69, 9.17) is 16.7 Å². The van der Waals surface area contributed by atoms with E-state index in [0.717, 1.165) is 5.69 Å². The lowest BCUT2D eigenvalue weighted by Gasteiger charge is -2.36. The van der Waals surface area contributed by atoms with E-state index in [1.54, 1.807) is 17.0 Å². The minimum atomic E-state index is -0.783. The van der Waals surface area contributed by atoms with Crippen molar-refractivity contribution >= 4 is 23.5 Å². The first kappa shape index (κ1) is 15.8. The maximum atomic E-state index is 12.6. The quantitative estimate of drug-likeness (QED) is 0.871. The van der Waals surface area contributed by atoms with Crippen molar-refractivity contribution < 1.29 is 14.7 Å². The molecule has 114 valence electrons. The summed E-state index contributed by atoms with van der Waals surface area (Å²) >= 11 is 5.95. The number of hydrogen-bond donors (Lipinski definition) is 1. The molecule has 21 heavy (non-hydrogen) atoms. The third-order valence-electron chi connectivity index (χ3n) is 3.94. The van der Waals surface area contributed by atoms with Gasteiger partial charge in [0.1, 0.15) is 5.15 Å². The number of carbonyl (C=O) groups is 2. The number of pyridine rings is 1. The monoisotopic (exact) mass is 310 g/mol. The van der Waals surface area contributed by atoms with Crippen LogP contribution in [0.3, 0.4) is 0 Å². The number of carboxylic acid groups (broad SMARTS) is 1. The molecule has 1 aromatic heterocycles. The number of rotatable bonds is 3. The lowest BCUT2D eigenvalue weighted by molar-refractivity contribution is -0.143. The lowest BCUT2D eigenvalue weighted by atomic mass is 9.91. The van der Waals surface area contributed by atoms with Gasteiger partial charge in [0.05, 0.1) is 5.92 Å². The molecule has 1 aromatic rings. The highest BCUT2D eigenvalue weighted by Gasteiger charge is 2.32. The maximum Gasteiger partial charge on any atom is 0.306 e. The summed E-state index contributed by atoms with van der Waals surface area (Å²) in [6.07, 6.45) is 1.68. The van der Waals surface area contributed by atoms with E-state index in [-0.39, 0.29) is 17.9 Å². The zero-order valence-corrected chi connectivity index (χ0v) is 12.9. The summed E-state index contributed by atoms with van der Waals surface area (Å²) in [6, 6.07) is 3.23. The van der Waals surface area contributed by atoms with E-state index >= 15 is 0 Å². The Morgan fingerprint density at radius 1 is 1.48 bits per heavy atom. The molecule has 2 heterocycles. The van der Waals surface area contributed by atoms with Crippen LogP contribution in [-0.2, 0) is 11.2 Å². The fraction of sp³-hybridized carbons (Fsp3) is 0.533. The highest BCUT2D eigenvalue weighted by Crippen LogP contribution is 2.25. The Morgan fingerprint density at radius 2 is 2.19 bits per heavy atom. The van der Waals surface area contributed by atoms with Gasteiger partial charge in [0.15, 0.2) is 0 Å². The van der Waals surface area contributed by atoms with Gasteiger partial charge in [0.25, 0.3) is 5.91 Å². The topological polar surface area (TPSA) is 70.5 Å². The van der Waals surface area contributed by atoms with Gasteiger partial charge in [-0.25, -0.2) is 4.98 Å². The number of likely N-dealkylation sites (tertiary alicyclic amines) is 1. The molecule has 2 rings (SSSR count). The van der Waals surface area contributed by atoms with Crippen LogP contribution >= 0.6 is 11.6 Å². The second kappa shape index (κ2) is 6.43. The van der Waals surface area contributed by atoms with Gasteiger partial charge in [0.2, 0.25) is 0 Å². The maximum absolute atomic E-state index is 12.6. The Kier molecular flexibility index (Phi) is 4.83. The van der Waals surface area contributed by atoms with Crippen LogP contribution < -0.4 is 0 Å². The first-order valence-corrected chi connectivity index (χ1v) is 7.50. The van der Waals surface area contributed by atoms with Crippen molar-refractivity contribution in [1.82, 2.24) is 9.88 Å². The van der Waals surface area contributed by atoms with Gasteiger partial charge in [-0.2, -0.15) is 0 Å². The molecule has 0 radical (unpaired) electrons. The number of halogens is 1. The molecule has 2 atom stereocenters. The number of carbonyl (C=O) groups excluding carboxylic acids is 1. The number of carboxylic acids is 1. The Labute approximate surface area is 128 Å². The number of amides is 1. The average molecular weight is 311 g/mol. The van der Waals surface area contributed by atoms with Crippen LogP contribution in [0.15, 0.2) is 12.1 Å². The third kappa shape index (κ3) is 3.53. The molecule has 1 aliphatic heterocycles. The molecule has 1 saturated heterocycles. The van der Waals surface area contributed by atoms with Gasteiger partial charge in [-0.05, 0) is 38.3 Å². The molecule has 1 fully saturated rings. The fourth-order valence-corrected chi connectivity index (χ4v) is 2.95. The van der Waals surface area contributed by atoms with Gasteiger partial charge in [0, 0.05) is 23.8 Å². The second-order valence-corrected chi connectivity index (χ2v) is 5.82. The van der Waals surface area contributed by atoms with Crippen LogP contribution in [0.2, 0.25) is 5.15 Å². The number of aromatic nitrogens is 1. The molecular weight excluding hydrogens is 292 g/mol. The molecule has 0 saturated carbocycles. The summed E-state index contributed by atoms with van der Waals surface area (Å²) in [6.45, 7) is 4.29. The Bertz CT molecular complexity index is 562. The Balaban J connectivity index is 2.17. The van der Waals surface area contributed by atoms with Crippen molar-refractivity contribution in [3.8, 4) is 0 Å². The summed E-state index contributed by atoms with van der Waals surface area (Å²) in [7, 11) is 0. The van der Waals surface area contributed by atoms with Crippen molar-refractivity contribution in [2.75, 3.05) is 6.54 Å². The summed E-state index contributed by atoms with van der Waals surface area (Å²) < 4.78 is 0. The van der Waals surface area contributed by atoms with Crippen molar-refractivity contribution in [1.29, 1.82) is 0 Å². The lowest BCUT2D eigenvalue weighted by Crippen LogP contribution is -2.46. The largest absolute Gasteiger partial charge is 0.481 e. The van der Waals surface area contributed by atoms with Gasteiger partial charge in [-0.3, -0.25) is 9.59 Å². The van der Waals surface area contributed by atoms with Crippen molar-refractivity contribution in [3.63, 3.8) is 0 Å². The molecular formula is C15H19ClN2O3. The van der Waals surface area contributed by atoms with Crippen molar-refractivity contribution in [3.05, 3.63) is 28.5 Å². The summed E-state index contributed by atoms with van der Waals surface area (Å²) in [5, 5.41) is 9.38. The van der Waals surface area contributed by atoms with Gasteiger partial charge in [-0.15, -0.1) is 0 Å². The normalized spacial score (nSPS) is 22.1. The minimum Gasteiger partial charge on any atom is -0.481 e. The fourth-order valence-electron chi connectivity index (χ4n) is 2.72. The molecule has 1 aliphatic rings. The van der Waals surface area contributed by atoms with Gasteiger partial charge in [-0.1, -0.05) is 18.5 Å². The predicted molar refractivity (Wildman–Crippen MR) is 79.5 cm³/mol. The van der Waals surface area contributed by atoms with Crippen LogP contribution in [0.5, 0.6) is 0 Å². The first-order chi connectivity index (χ1) is 9.92. The zero-order chi connectivity index (χ0) is 15.6. The second-order valence-electron chi connectivity index (χ2n) is 5.43. The molecule has 0 aromatic carbocycles. The zero-order valence-electron chi connectivity index (χ0n) is 12.2. The van der Waals surface area contributed by atoms with Crippen LogP contribution in [-0.4, -0.2) is 39.5 Å². The predicted octanol–water partition coefficient (Wildman–Crippen LogP) is 2.62. The average Bonchev–Trinajstić information content (AvgIpc) is 2.45. The number of aryl methyl sites for hydroxylation is 1. The van der Waals surface area contributed by atoms with Gasteiger partial charge >= 0.3 is 5.97 Å². The van der Waals surface area contributed by atoms with E-state index in [0.29, 0.717) is 36.5 Å². The Hall–Kier alpha value is -1.62. The summed E-state index contributed by atoms with van der Waals surface area (Å²) in [5.74, 6) is -1.25. The standard InChI is InChI=1S/C15H19ClN2O3/c1-3-12-7-11(8-13(16)17-12)14(19)18-5-4-10(15(20)21)6-9(18)2/h7-10H,3-6H2,1-2H3,(H,20,21). The molecule has 0 bridgehead atoms. The van der Waals surface area contributed by atoms with Crippen molar-refractivity contribution in [2.24, 2.45) is 5.92 Å². The van der Waals surface area contributed by atoms with E-state index in [1.807, 2.05) is 13.8 Å². The number of piperidine rings is 1. The first-order valence-electron chi connectivity index (χ1n) is 7.12. The highest BCUT2D eigenvalue weighted by molar-refractivity contribution is 6.29. The molecule has 1 amide bonds. The van der Waals surface area contributed by atoms with E-state index in [2.05, 4.69) is 4.98 Å². The Morgan fingerprint density at radius 3 is 2.76 bits per heavy atom. The van der Waals surface area contributed by atoms with Crippen LogP contribution in [0.25, 0.3) is 0 Å². The van der Waals surface area contributed by atoms with Crippen LogP contribution in [0.4, 0.5) is 0 Å². The van der Waals surface area contributed by atoms with Crippen LogP contribution in [0, 0.1) is 5.92 Å². The smallest absolute Gasteiger partial charge is 0.306 e. The van der Waals surface area contributed by atoms with E-state index in [9.17, 15) is 9.59 Å². The SMILES string of the molecule is CCc1cc(C(=O)N2CCC(C(=O)O)CC2C)cc(Cl)n1. The van der Waals surface area contributed by atoms with E-state index in [1.165, 1.54) is 0 Å². The van der Waals surface area contributed by atoms with Gasteiger partial charge < -0.3 is 10.0 Å². The molecule has 0 aliphatic carbocycles. The number of nitrogens with zero attached hydrogens (tertiary/aromatic N) is 2. The molecule has 1 N–H and O–H groups in total. The third-order valence-corrected chi connectivity index (χ3v) is 4.14. The van der Waals surface area contributed by atoms with Crippen molar-refractivity contribution in [2.45, 2.75) is 39.2 Å². The number of aliphatic carboxylic acids is 1. The minimum absolute atomic E-state index is 0.0932. The molecule has 2 unspecified atom stereocenters.